The van der Waals surface area contributed by atoms with Crippen molar-refractivity contribution in [3.05, 3.63) is 131 Å². The molecule has 0 aliphatic carbocycles. The Hall–Kier alpha value is -5.16. The van der Waals surface area contributed by atoms with Crippen molar-refractivity contribution in [2.75, 3.05) is 0 Å². The normalized spacial score (nSPS) is 11.7. The Morgan fingerprint density at radius 3 is 2.24 bits per heavy atom. The summed E-state index contributed by atoms with van der Waals surface area (Å²) in [7, 11) is 0. The summed E-state index contributed by atoms with van der Waals surface area (Å²) < 4.78 is 11.2. The molecule has 0 saturated carbocycles. The summed E-state index contributed by atoms with van der Waals surface area (Å²) >= 11 is 0. The number of rotatable bonds is 10. The van der Waals surface area contributed by atoms with Gasteiger partial charge < -0.3 is 4.74 Å². The van der Waals surface area contributed by atoms with E-state index in [4.69, 9.17) is 14.8 Å². The van der Waals surface area contributed by atoms with Crippen LogP contribution in [0.2, 0.25) is 0 Å². The van der Waals surface area contributed by atoms with Crippen LogP contribution in [0.25, 0.3) is 44.4 Å². The number of hydrogen-bond acceptors (Lipinski definition) is 3. The van der Waals surface area contributed by atoms with Gasteiger partial charge in [-0.2, -0.15) is 5.10 Å². The van der Waals surface area contributed by atoms with Crippen LogP contribution in [-0.2, 0) is 12.8 Å². The fourth-order valence-electron chi connectivity index (χ4n) is 7.20. The molecule has 0 aliphatic rings. The zero-order valence-corrected chi connectivity index (χ0v) is 29.8. The number of fused-ring (bicyclic) bond motifs is 3. The van der Waals surface area contributed by atoms with E-state index in [1.807, 2.05) is 12.3 Å². The molecule has 0 bridgehead atoms. The molecule has 4 aromatic carbocycles. The van der Waals surface area contributed by atoms with E-state index in [-0.39, 0.29) is 0 Å². The topological polar surface area (TPSA) is 44.9 Å². The summed E-state index contributed by atoms with van der Waals surface area (Å²) in [6.45, 7) is 15.5. The second kappa shape index (κ2) is 13.4. The lowest BCUT2D eigenvalue weighted by atomic mass is 9.92. The Kier molecular flexibility index (Phi) is 8.85. The van der Waals surface area contributed by atoms with E-state index >= 15 is 0 Å². The summed E-state index contributed by atoms with van der Waals surface area (Å²) in [6, 6.07) is 32.3. The zero-order valence-electron chi connectivity index (χ0n) is 29.8. The van der Waals surface area contributed by atoms with E-state index in [0.717, 1.165) is 65.4 Å². The summed E-state index contributed by atoms with van der Waals surface area (Å²) in [6.07, 6.45) is 5.93. The van der Waals surface area contributed by atoms with Crippen LogP contribution in [0.1, 0.15) is 80.1 Å². The van der Waals surface area contributed by atoms with Gasteiger partial charge in [0.25, 0.3) is 0 Å². The van der Waals surface area contributed by atoms with Gasteiger partial charge in [0.1, 0.15) is 17.3 Å². The van der Waals surface area contributed by atoms with Crippen molar-refractivity contribution < 1.29 is 4.74 Å². The molecule has 248 valence electrons. The molecular weight excluding hydrogens is 601 g/mol. The van der Waals surface area contributed by atoms with E-state index in [9.17, 15) is 0 Å². The molecule has 5 nitrogen and oxygen atoms in total. The first kappa shape index (κ1) is 32.4. The van der Waals surface area contributed by atoms with Crippen LogP contribution in [-0.4, -0.2) is 19.3 Å². The van der Waals surface area contributed by atoms with Crippen molar-refractivity contribution in [2.24, 2.45) is 0 Å². The van der Waals surface area contributed by atoms with Gasteiger partial charge in [-0.1, -0.05) is 70.5 Å². The predicted octanol–water partition coefficient (Wildman–Crippen LogP) is 11.8. The van der Waals surface area contributed by atoms with Crippen LogP contribution in [0.15, 0.2) is 97.2 Å². The minimum Gasteiger partial charge on any atom is -0.457 e. The molecule has 0 spiro atoms. The Labute approximate surface area is 290 Å². The molecule has 3 aromatic heterocycles. The maximum atomic E-state index is 6.78. The Morgan fingerprint density at radius 2 is 1.51 bits per heavy atom. The second-order valence-electron chi connectivity index (χ2n) is 13.6. The Balaban J connectivity index is 1.37. The second-order valence-corrected chi connectivity index (χ2v) is 13.6. The molecule has 0 saturated heterocycles. The Bertz CT molecular complexity index is 2280. The van der Waals surface area contributed by atoms with E-state index < -0.39 is 0 Å². The van der Waals surface area contributed by atoms with Gasteiger partial charge in [-0.25, -0.2) is 9.67 Å². The van der Waals surface area contributed by atoms with Crippen LogP contribution in [0.3, 0.4) is 0 Å². The molecule has 0 unspecified atom stereocenters. The largest absolute Gasteiger partial charge is 0.457 e. The van der Waals surface area contributed by atoms with Gasteiger partial charge in [0.05, 0.1) is 28.1 Å². The van der Waals surface area contributed by atoms with Gasteiger partial charge in [0.15, 0.2) is 0 Å². The number of ether oxygens (including phenoxy) is 1. The van der Waals surface area contributed by atoms with Gasteiger partial charge in [0, 0.05) is 34.7 Å². The first-order chi connectivity index (χ1) is 23.8. The molecule has 5 heteroatoms. The monoisotopic (exact) mass is 646 g/mol. The maximum Gasteiger partial charge on any atom is 0.137 e. The van der Waals surface area contributed by atoms with Gasteiger partial charge >= 0.3 is 0 Å². The maximum absolute atomic E-state index is 6.78. The fourth-order valence-corrected chi connectivity index (χ4v) is 7.20. The lowest BCUT2D eigenvalue weighted by Crippen LogP contribution is -2.05. The third-order valence-electron chi connectivity index (χ3n) is 9.72. The summed E-state index contributed by atoms with van der Waals surface area (Å²) in [5, 5.41) is 7.70. The molecule has 0 amide bonds. The van der Waals surface area contributed by atoms with Crippen molar-refractivity contribution >= 4 is 21.8 Å². The number of aryl methyl sites for hydroxylation is 4. The first-order valence-corrected chi connectivity index (χ1v) is 17.7. The molecular formula is C44H46N4O. The number of para-hydroxylation sites is 1. The zero-order chi connectivity index (χ0) is 34.2. The Morgan fingerprint density at radius 1 is 0.735 bits per heavy atom. The molecule has 3 heterocycles. The molecule has 7 aromatic rings. The minimum atomic E-state index is 0.318. The number of unbranched alkanes of at least 4 members (excludes halogenated alkanes) is 1. The van der Waals surface area contributed by atoms with E-state index in [0.29, 0.717) is 5.92 Å². The number of nitrogens with zero attached hydrogens (tertiary/aromatic N) is 4. The SMILES string of the molecule is CCCCc1c(-c2c(C)cccc2C)c(CC)nn1-c1cc(Oc2ccc3c4ccccc4n(-c4cc(C)ccn4)c3c2)cc(C(C)C)c1. The molecule has 0 radical (unpaired) electrons. The molecule has 0 atom stereocenters. The minimum absolute atomic E-state index is 0.318. The summed E-state index contributed by atoms with van der Waals surface area (Å²) in [5.41, 5.74) is 13.2. The highest BCUT2D eigenvalue weighted by atomic mass is 16.5. The van der Waals surface area contributed by atoms with Crippen molar-refractivity contribution in [2.45, 2.75) is 80.1 Å². The number of pyridine rings is 1. The number of benzene rings is 4. The van der Waals surface area contributed by atoms with Gasteiger partial charge in [0.2, 0.25) is 0 Å². The third kappa shape index (κ3) is 6.03. The molecule has 0 fully saturated rings. The summed E-state index contributed by atoms with van der Waals surface area (Å²) in [4.78, 5) is 4.76. The number of hydrogen-bond donors (Lipinski definition) is 0. The van der Waals surface area contributed by atoms with Crippen molar-refractivity contribution in [3.63, 3.8) is 0 Å². The van der Waals surface area contributed by atoms with Crippen LogP contribution in [0, 0.1) is 20.8 Å². The van der Waals surface area contributed by atoms with E-state index in [2.05, 4.69) is 143 Å². The molecule has 49 heavy (non-hydrogen) atoms. The van der Waals surface area contributed by atoms with Crippen molar-refractivity contribution in [3.8, 4) is 34.1 Å². The van der Waals surface area contributed by atoms with Crippen molar-refractivity contribution in [1.29, 1.82) is 0 Å². The molecule has 0 aliphatic heterocycles. The van der Waals surface area contributed by atoms with Gasteiger partial charge in [-0.3, -0.25) is 4.57 Å². The standard InChI is InChI=1S/C44H46N4O/c1-8-10-17-40-44(43-30(6)14-13-15-31(43)7)38(9-2)46-48(40)33-24-32(28(3)4)25-35(26-33)49-34-19-20-37-36-16-11-12-18-39(36)47(41(37)27-34)42-23-29(5)21-22-45-42/h11-16,18-28H,8-10,17H2,1-7H3. The smallest absolute Gasteiger partial charge is 0.137 e. The van der Waals surface area contributed by atoms with Crippen LogP contribution in [0.5, 0.6) is 11.5 Å². The average molecular weight is 647 g/mol. The highest BCUT2D eigenvalue weighted by Gasteiger charge is 2.23. The quantitative estimate of drug-likeness (QED) is 0.149. The summed E-state index contributed by atoms with van der Waals surface area (Å²) in [5.74, 6) is 2.81. The molecule has 7 rings (SSSR count). The van der Waals surface area contributed by atoms with E-state index in [1.165, 1.54) is 49.8 Å². The van der Waals surface area contributed by atoms with Gasteiger partial charge in [-0.15, -0.1) is 0 Å². The lowest BCUT2D eigenvalue weighted by molar-refractivity contribution is 0.481. The van der Waals surface area contributed by atoms with Crippen LogP contribution in [0.4, 0.5) is 0 Å². The van der Waals surface area contributed by atoms with Crippen LogP contribution >= 0.6 is 0 Å². The highest BCUT2D eigenvalue weighted by Crippen LogP contribution is 2.39. The third-order valence-corrected chi connectivity index (χ3v) is 9.72. The molecule has 0 N–H and O–H groups in total. The fraction of sp³-hybridized carbons (Fsp3) is 0.273. The average Bonchev–Trinajstić information content (AvgIpc) is 3.62. The highest BCUT2D eigenvalue weighted by molar-refractivity contribution is 6.09. The van der Waals surface area contributed by atoms with Crippen LogP contribution < -0.4 is 4.74 Å². The predicted molar refractivity (Wildman–Crippen MR) is 204 cm³/mol. The van der Waals surface area contributed by atoms with Gasteiger partial charge in [-0.05, 0) is 116 Å². The first-order valence-electron chi connectivity index (χ1n) is 17.7. The van der Waals surface area contributed by atoms with Crippen molar-refractivity contribution in [1.82, 2.24) is 19.3 Å². The number of aromatic nitrogens is 4. The lowest BCUT2D eigenvalue weighted by Gasteiger charge is -2.17. The van der Waals surface area contributed by atoms with E-state index in [1.54, 1.807) is 0 Å².